The smallest absolute Gasteiger partial charge is 0.259 e. The minimum atomic E-state index is -0.0120. The highest BCUT2D eigenvalue weighted by Gasteiger charge is 2.28. The Labute approximate surface area is 185 Å². The lowest BCUT2D eigenvalue weighted by atomic mass is 10.1. The highest BCUT2D eigenvalue weighted by atomic mass is 16.2. The van der Waals surface area contributed by atoms with E-state index in [2.05, 4.69) is 20.6 Å². The van der Waals surface area contributed by atoms with E-state index in [4.69, 9.17) is 5.73 Å². The molecule has 7 heteroatoms. The molecule has 0 atom stereocenters. The molecule has 5 rings (SSSR count). The van der Waals surface area contributed by atoms with E-state index in [0.717, 1.165) is 39.7 Å². The molecule has 2 aromatic carbocycles. The number of carbonyl (C=O) groups excluding carboxylic acids is 1. The van der Waals surface area contributed by atoms with Gasteiger partial charge in [-0.25, -0.2) is 0 Å². The molecule has 1 aliphatic heterocycles. The summed E-state index contributed by atoms with van der Waals surface area (Å²) in [7, 11) is 0. The summed E-state index contributed by atoms with van der Waals surface area (Å²) in [5.74, 6) is -0.0120. The van der Waals surface area contributed by atoms with Crippen LogP contribution in [0.3, 0.4) is 0 Å². The van der Waals surface area contributed by atoms with Gasteiger partial charge in [0.25, 0.3) is 5.91 Å². The van der Waals surface area contributed by atoms with Gasteiger partial charge in [-0.2, -0.15) is 0 Å². The maximum atomic E-state index is 13.2. The second kappa shape index (κ2) is 8.49. The largest absolute Gasteiger partial charge is 0.355 e. The molecule has 158 valence electrons. The van der Waals surface area contributed by atoms with Crippen LogP contribution < -0.4 is 21.3 Å². The van der Waals surface area contributed by atoms with Crippen LogP contribution in [0.15, 0.2) is 85.3 Å². The van der Waals surface area contributed by atoms with E-state index in [9.17, 15) is 4.79 Å². The number of hydrogen-bond acceptors (Lipinski definition) is 6. The quantitative estimate of drug-likeness (QED) is 0.421. The number of carbonyl (C=O) groups is 1. The Bertz CT molecular complexity index is 1270. The fourth-order valence-electron chi connectivity index (χ4n) is 3.77. The van der Waals surface area contributed by atoms with E-state index in [-0.39, 0.29) is 5.91 Å². The molecule has 0 saturated carbocycles. The summed E-state index contributed by atoms with van der Waals surface area (Å²) < 4.78 is 0. The van der Waals surface area contributed by atoms with Gasteiger partial charge in [-0.15, -0.1) is 0 Å². The monoisotopic (exact) mass is 422 g/mol. The van der Waals surface area contributed by atoms with Gasteiger partial charge >= 0.3 is 0 Å². The van der Waals surface area contributed by atoms with Crippen molar-refractivity contribution in [1.29, 1.82) is 0 Å². The second-order valence-electron chi connectivity index (χ2n) is 7.54. The highest BCUT2D eigenvalue weighted by molar-refractivity contribution is 6.10. The van der Waals surface area contributed by atoms with Crippen molar-refractivity contribution >= 4 is 34.3 Å². The van der Waals surface area contributed by atoms with E-state index in [1.165, 1.54) is 0 Å². The molecule has 0 spiro atoms. The maximum Gasteiger partial charge on any atom is 0.259 e. The Morgan fingerprint density at radius 3 is 2.44 bits per heavy atom. The topological polar surface area (TPSA) is 96.2 Å². The number of nitrogens with one attached hydrogen (secondary N) is 2. The SMILES string of the molecule is NCc1cc(Nc2ccc3c(c2)C(=O)N(c2cccc(Nc4ccncc4)c2)C3)ccn1. The zero-order chi connectivity index (χ0) is 21.9. The normalized spacial score (nSPS) is 12.5. The van der Waals surface area contributed by atoms with Crippen LogP contribution in [0.4, 0.5) is 28.4 Å². The number of fused-ring (bicyclic) bond motifs is 1. The summed E-state index contributed by atoms with van der Waals surface area (Å²) in [5, 5.41) is 6.69. The fourth-order valence-corrected chi connectivity index (χ4v) is 3.77. The van der Waals surface area contributed by atoms with Crippen molar-refractivity contribution in [1.82, 2.24) is 9.97 Å². The molecule has 4 aromatic rings. The van der Waals surface area contributed by atoms with Crippen LogP contribution >= 0.6 is 0 Å². The van der Waals surface area contributed by atoms with Crippen molar-refractivity contribution in [3.8, 4) is 0 Å². The lowest BCUT2D eigenvalue weighted by Crippen LogP contribution is -2.22. The van der Waals surface area contributed by atoms with Gasteiger partial charge in [-0.3, -0.25) is 14.8 Å². The molecule has 32 heavy (non-hydrogen) atoms. The van der Waals surface area contributed by atoms with E-state index < -0.39 is 0 Å². The number of nitrogens with zero attached hydrogens (tertiary/aromatic N) is 3. The van der Waals surface area contributed by atoms with Crippen LogP contribution in [-0.2, 0) is 13.1 Å². The Balaban J connectivity index is 1.36. The third-order valence-corrected chi connectivity index (χ3v) is 5.36. The minimum absolute atomic E-state index is 0.0120. The van der Waals surface area contributed by atoms with Gasteiger partial charge in [0, 0.05) is 59.1 Å². The van der Waals surface area contributed by atoms with Gasteiger partial charge < -0.3 is 21.3 Å². The molecular weight excluding hydrogens is 400 g/mol. The van der Waals surface area contributed by atoms with Crippen molar-refractivity contribution < 1.29 is 4.79 Å². The first-order valence-corrected chi connectivity index (χ1v) is 10.3. The molecule has 0 aliphatic carbocycles. The standard InChI is InChI=1S/C25H22N6O/c26-15-22-12-21(8-11-28-22)30-20-5-4-17-16-31(25(32)24(17)14-20)23-3-1-2-19(13-23)29-18-6-9-27-10-7-18/h1-14H,15-16,26H2,(H,27,29)(H,28,30). The van der Waals surface area contributed by atoms with Crippen LogP contribution in [0.1, 0.15) is 21.6 Å². The summed E-state index contributed by atoms with van der Waals surface area (Å²) >= 11 is 0. The van der Waals surface area contributed by atoms with Crippen LogP contribution in [0, 0.1) is 0 Å². The number of benzene rings is 2. The van der Waals surface area contributed by atoms with Crippen molar-refractivity contribution in [3.05, 3.63) is 102 Å². The molecule has 2 aromatic heterocycles. The van der Waals surface area contributed by atoms with Crippen LogP contribution in [0.2, 0.25) is 0 Å². The van der Waals surface area contributed by atoms with Crippen LogP contribution in [0.5, 0.6) is 0 Å². The third-order valence-electron chi connectivity index (χ3n) is 5.36. The van der Waals surface area contributed by atoms with Gasteiger partial charge in [0.1, 0.15) is 0 Å². The minimum Gasteiger partial charge on any atom is -0.355 e. The number of aromatic nitrogens is 2. The molecule has 3 heterocycles. The summed E-state index contributed by atoms with van der Waals surface area (Å²) in [5.41, 5.74) is 12.6. The average molecular weight is 422 g/mol. The van der Waals surface area contributed by atoms with Gasteiger partial charge in [0.2, 0.25) is 0 Å². The summed E-state index contributed by atoms with van der Waals surface area (Å²) in [6, 6.07) is 21.3. The third kappa shape index (κ3) is 4.01. The molecule has 1 aliphatic rings. The number of pyridine rings is 2. The Kier molecular flexibility index (Phi) is 5.23. The molecule has 0 bridgehead atoms. The number of hydrogen-bond donors (Lipinski definition) is 3. The van der Waals surface area contributed by atoms with Crippen molar-refractivity contribution in [2.45, 2.75) is 13.1 Å². The predicted octanol–water partition coefficient (Wildman–Crippen LogP) is 4.58. The molecule has 0 unspecified atom stereocenters. The van der Waals surface area contributed by atoms with Crippen molar-refractivity contribution in [2.75, 3.05) is 15.5 Å². The van der Waals surface area contributed by atoms with E-state index in [1.54, 1.807) is 23.5 Å². The lowest BCUT2D eigenvalue weighted by molar-refractivity contribution is 0.0996. The maximum absolute atomic E-state index is 13.2. The van der Waals surface area contributed by atoms with Gasteiger partial charge in [-0.05, 0) is 60.2 Å². The molecule has 0 radical (unpaired) electrons. The fraction of sp³-hybridized carbons (Fsp3) is 0.0800. The van der Waals surface area contributed by atoms with E-state index >= 15 is 0 Å². The average Bonchev–Trinajstić information content (AvgIpc) is 3.16. The van der Waals surface area contributed by atoms with Crippen LogP contribution in [0.25, 0.3) is 0 Å². The zero-order valence-electron chi connectivity index (χ0n) is 17.3. The first-order valence-electron chi connectivity index (χ1n) is 10.3. The molecule has 4 N–H and O–H groups in total. The molecular formula is C25H22N6O. The summed E-state index contributed by atoms with van der Waals surface area (Å²) in [4.78, 5) is 23.3. The Morgan fingerprint density at radius 2 is 1.59 bits per heavy atom. The summed E-state index contributed by atoms with van der Waals surface area (Å²) in [6.45, 7) is 0.919. The first kappa shape index (κ1) is 19.7. The summed E-state index contributed by atoms with van der Waals surface area (Å²) in [6.07, 6.45) is 5.19. The molecule has 1 amide bonds. The number of nitrogens with two attached hydrogens (primary N) is 1. The Morgan fingerprint density at radius 1 is 0.844 bits per heavy atom. The number of anilines is 5. The predicted molar refractivity (Wildman–Crippen MR) is 126 cm³/mol. The molecule has 7 nitrogen and oxygen atoms in total. The number of amides is 1. The van der Waals surface area contributed by atoms with Gasteiger partial charge in [0.15, 0.2) is 0 Å². The second-order valence-corrected chi connectivity index (χ2v) is 7.54. The Hall–Kier alpha value is -4.23. The van der Waals surface area contributed by atoms with E-state index in [0.29, 0.717) is 18.7 Å². The van der Waals surface area contributed by atoms with E-state index in [1.807, 2.05) is 66.7 Å². The molecule has 0 saturated heterocycles. The van der Waals surface area contributed by atoms with Crippen molar-refractivity contribution in [2.24, 2.45) is 5.73 Å². The lowest BCUT2D eigenvalue weighted by Gasteiger charge is -2.17. The van der Waals surface area contributed by atoms with Crippen LogP contribution in [-0.4, -0.2) is 15.9 Å². The number of rotatable bonds is 6. The molecule has 0 fully saturated rings. The highest BCUT2D eigenvalue weighted by Crippen LogP contribution is 2.32. The zero-order valence-corrected chi connectivity index (χ0v) is 17.3. The van der Waals surface area contributed by atoms with Crippen molar-refractivity contribution in [3.63, 3.8) is 0 Å². The van der Waals surface area contributed by atoms with Gasteiger partial charge in [0.05, 0.1) is 12.2 Å². The first-order chi connectivity index (χ1) is 15.7. The van der Waals surface area contributed by atoms with Gasteiger partial charge in [-0.1, -0.05) is 12.1 Å².